The number of fused-ring (bicyclic) bond motifs is 6. The maximum atomic E-state index is 13.6. The van der Waals surface area contributed by atoms with Crippen LogP contribution in [0.2, 0.25) is 0 Å². The summed E-state index contributed by atoms with van der Waals surface area (Å²) in [5, 5.41) is 4.63. The van der Waals surface area contributed by atoms with E-state index < -0.39 is 0 Å². The van der Waals surface area contributed by atoms with E-state index in [1.165, 1.54) is 56.9 Å². The molecule has 2 saturated carbocycles. The van der Waals surface area contributed by atoms with Crippen molar-refractivity contribution in [1.29, 1.82) is 0 Å². The minimum Gasteiger partial charge on any atom is -0.367 e. The van der Waals surface area contributed by atoms with E-state index in [2.05, 4.69) is 55.6 Å². The summed E-state index contributed by atoms with van der Waals surface area (Å²) < 4.78 is 3.07. The smallest absolute Gasteiger partial charge is 0.265 e. The van der Waals surface area contributed by atoms with E-state index >= 15 is 0 Å². The highest BCUT2D eigenvalue weighted by Crippen LogP contribution is 2.51. The van der Waals surface area contributed by atoms with Gasteiger partial charge in [0, 0.05) is 41.2 Å². The highest BCUT2D eigenvalue weighted by molar-refractivity contribution is 7.97. The van der Waals surface area contributed by atoms with Crippen LogP contribution in [0, 0.1) is 23.7 Å². The Hall–Kier alpha value is -2.28. The number of nitrogens with one attached hydrogen (secondary N) is 2. The first-order valence-electron chi connectivity index (χ1n) is 15.6. The van der Waals surface area contributed by atoms with E-state index in [4.69, 9.17) is 9.97 Å². The fourth-order valence-corrected chi connectivity index (χ4v) is 7.74. The normalized spacial score (nSPS) is 25.1. The lowest BCUT2D eigenvalue weighted by Gasteiger charge is -2.34. The van der Waals surface area contributed by atoms with Crippen LogP contribution in [0.4, 0.5) is 11.6 Å². The molecule has 7 heteroatoms. The Balaban J connectivity index is 1.29. The van der Waals surface area contributed by atoms with Gasteiger partial charge < -0.3 is 10.2 Å². The molecule has 3 fully saturated rings. The topological polar surface area (TPSA) is 70.2 Å². The molecule has 2 aromatic rings. The zero-order valence-corrected chi connectivity index (χ0v) is 25.8. The zero-order valence-electron chi connectivity index (χ0n) is 25.0. The molecule has 4 aliphatic rings. The second-order valence-electron chi connectivity index (χ2n) is 14.5. The van der Waals surface area contributed by atoms with Gasteiger partial charge in [-0.3, -0.25) is 9.52 Å². The van der Waals surface area contributed by atoms with Gasteiger partial charge in [-0.1, -0.05) is 26.8 Å². The summed E-state index contributed by atoms with van der Waals surface area (Å²) in [6, 6.07) is 10.5. The first kappa shape index (κ1) is 27.9. The fourth-order valence-electron chi connectivity index (χ4n) is 7.14. The zero-order chi connectivity index (χ0) is 28.1. The van der Waals surface area contributed by atoms with E-state index in [1.807, 2.05) is 24.3 Å². The van der Waals surface area contributed by atoms with Crippen LogP contribution in [0.1, 0.15) is 108 Å². The van der Waals surface area contributed by atoms with Gasteiger partial charge in [-0.15, -0.1) is 0 Å². The first-order chi connectivity index (χ1) is 19.1. The lowest BCUT2D eigenvalue weighted by atomic mass is 9.87. The van der Waals surface area contributed by atoms with E-state index in [-0.39, 0.29) is 16.9 Å². The van der Waals surface area contributed by atoms with Crippen molar-refractivity contribution < 1.29 is 4.79 Å². The Morgan fingerprint density at radius 2 is 1.77 bits per heavy atom. The lowest BCUT2D eigenvalue weighted by Crippen LogP contribution is -2.40. The van der Waals surface area contributed by atoms with Crippen LogP contribution >= 0.6 is 11.9 Å². The molecule has 2 atom stereocenters. The molecule has 4 heterocycles. The maximum absolute atomic E-state index is 13.6. The highest BCUT2D eigenvalue weighted by atomic mass is 32.2. The van der Waals surface area contributed by atoms with Crippen LogP contribution in [0.3, 0.4) is 0 Å². The van der Waals surface area contributed by atoms with Crippen LogP contribution in [0.5, 0.6) is 0 Å². The van der Waals surface area contributed by atoms with Crippen molar-refractivity contribution in [3.05, 3.63) is 41.6 Å². The number of aromatic nitrogens is 2. The van der Waals surface area contributed by atoms with Crippen LogP contribution in [0.25, 0.3) is 0 Å². The van der Waals surface area contributed by atoms with Gasteiger partial charge in [0.25, 0.3) is 5.91 Å². The van der Waals surface area contributed by atoms with Crippen molar-refractivity contribution in [2.24, 2.45) is 23.7 Å². The lowest BCUT2D eigenvalue weighted by molar-refractivity contribution is 0.0984. The summed E-state index contributed by atoms with van der Waals surface area (Å²) in [7, 11) is 0. The third kappa shape index (κ3) is 6.29. The molecule has 1 unspecified atom stereocenters. The van der Waals surface area contributed by atoms with Gasteiger partial charge in [0.1, 0.15) is 16.7 Å². The highest BCUT2D eigenvalue weighted by Gasteiger charge is 2.42. The second-order valence-corrected chi connectivity index (χ2v) is 15.4. The molecule has 2 aliphatic carbocycles. The molecule has 0 aromatic carbocycles. The standard InChI is InChI=1S/C33H47N5OS/c1-32(2,3)27-18-17-26-30(35-27)38-20-21(19-33(38,4)5)9-14-24(15-16-25(22-10-11-22)23-12-13-23)34-28-7-6-8-29(36-28)40-37-31(26)39/h6-8,17-18,21-25H,9-16,19-20H2,1-5H3,(H,34,36)(H,37,39)/t21-,24?/m0/s1. The van der Waals surface area contributed by atoms with Gasteiger partial charge in [0.2, 0.25) is 0 Å². The predicted octanol–water partition coefficient (Wildman–Crippen LogP) is 7.61. The number of nitrogens with zero attached hydrogens (tertiary/aromatic N) is 3. The number of anilines is 2. The van der Waals surface area contributed by atoms with Crippen molar-refractivity contribution in [3.63, 3.8) is 0 Å². The Labute approximate surface area is 245 Å². The molecule has 4 bridgehead atoms. The Morgan fingerprint density at radius 3 is 2.48 bits per heavy atom. The van der Waals surface area contributed by atoms with Crippen molar-refractivity contribution in [2.45, 2.75) is 114 Å². The number of carbonyl (C=O) groups is 1. The van der Waals surface area contributed by atoms with E-state index in [0.29, 0.717) is 17.5 Å². The molecule has 216 valence electrons. The molecule has 2 aliphatic heterocycles. The van der Waals surface area contributed by atoms with Crippen LogP contribution in [-0.4, -0.2) is 34.0 Å². The quantitative estimate of drug-likeness (QED) is 0.366. The van der Waals surface area contributed by atoms with Gasteiger partial charge >= 0.3 is 0 Å². The molecule has 0 radical (unpaired) electrons. The molecule has 1 amide bonds. The minimum absolute atomic E-state index is 0.0642. The molecular formula is C33H47N5OS. The number of amides is 1. The van der Waals surface area contributed by atoms with Gasteiger partial charge in [-0.25, -0.2) is 9.97 Å². The molecule has 1 saturated heterocycles. The molecule has 2 aromatic heterocycles. The number of pyridine rings is 2. The summed E-state index contributed by atoms with van der Waals surface area (Å²) in [6.45, 7) is 12.1. The molecule has 6 nitrogen and oxygen atoms in total. The Morgan fingerprint density at radius 1 is 1.02 bits per heavy atom. The SMILES string of the molecule is CC(C)(C)c1ccc2c(n1)N1C[C@@H](CCC(CCC(C3CC3)C3CC3)Nc3cccc(n3)SNC2=O)CC1(C)C. The van der Waals surface area contributed by atoms with Crippen LogP contribution in [-0.2, 0) is 5.41 Å². The summed E-state index contributed by atoms with van der Waals surface area (Å²) in [4.78, 5) is 26.0. The van der Waals surface area contributed by atoms with E-state index in [0.717, 1.165) is 59.5 Å². The summed E-state index contributed by atoms with van der Waals surface area (Å²) >= 11 is 1.29. The largest absolute Gasteiger partial charge is 0.367 e. The summed E-state index contributed by atoms with van der Waals surface area (Å²) in [5.41, 5.74) is 1.50. The molecule has 2 N–H and O–H groups in total. The third-order valence-electron chi connectivity index (χ3n) is 9.65. The molecule has 0 spiro atoms. The number of rotatable bonds is 5. The van der Waals surface area contributed by atoms with Crippen LogP contribution < -0.4 is 14.9 Å². The van der Waals surface area contributed by atoms with Gasteiger partial charge in [-0.05, 0) is 120 Å². The van der Waals surface area contributed by atoms with E-state index in [1.54, 1.807) is 0 Å². The molecular weight excluding hydrogens is 514 g/mol. The van der Waals surface area contributed by atoms with Gasteiger partial charge in [-0.2, -0.15) is 0 Å². The number of carbonyl (C=O) groups excluding carboxylic acids is 1. The van der Waals surface area contributed by atoms with Crippen LogP contribution in [0.15, 0.2) is 35.4 Å². The second kappa shape index (κ2) is 10.8. The Kier molecular flexibility index (Phi) is 7.56. The van der Waals surface area contributed by atoms with Crippen molar-refractivity contribution in [1.82, 2.24) is 14.7 Å². The minimum atomic E-state index is -0.119. The maximum Gasteiger partial charge on any atom is 0.265 e. The van der Waals surface area contributed by atoms with Crippen molar-refractivity contribution >= 4 is 29.5 Å². The van der Waals surface area contributed by atoms with Crippen molar-refractivity contribution in [2.75, 3.05) is 16.8 Å². The Bertz CT molecular complexity index is 1220. The van der Waals surface area contributed by atoms with Gasteiger partial charge in [0.05, 0.1) is 5.56 Å². The number of hydrogen-bond donors (Lipinski definition) is 2. The number of hydrogen-bond acceptors (Lipinski definition) is 6. The van der Waals surface area contributed by atoms with E-state index in [9.17, 15) is 4.79 Å². The summed E-state index contributed by atoms with van der Waals surface area (Å²) in [5.74, 6) is 5.10. The first-order valence-corrected chi connectivity index (χ1v) is 16.4. The average molecular weight is 562 g/mol. The molecule has 6 rings (SSSR count). The van der Waals surface area contributed by atoms with Crippen molar-refractivity contribution in [3.8, 4) is 0 Å². The fraction of sp³-hybridized carbons (Fsp3) is 0.667. The van der Waals surface area contributed by atoms with Gasteiger partial charge in [0.15, 0.2) is 0 Å². The third-order valence-corrected chi connectivity index (χ3v) is 10.4. The molecule has 40 heavy (non-hydrogen) atoms. The predicted molar refractivity (Wildman–Crippen MR) is 165 cm³/mol. The summed E-state index contributed by atoms with van der Waals surface area (Å²) in [6.07, 6.45) is 11.8. The monoisotopic (exact) mass is 561 g/mol. The average Bonchev–Trinajstić information content (AvgIpc) is 3.83.